The number of hydrogen-bond acceptors (Lipinski definition) is 6. The van der Waals surface area contributed by atoms with Crippen LogP contribution in [0.2, 0.25) is 0 Å². The first-order valence-corrected chi connectivity index (χ1v) is 5.79. The van der Waals surface area contributed by atoms with Gasteiger partial charge in [0.05, 0.1) is 11.1 Å². The van der Waals surface area contributed by atoms with Crippen molar-refractivity contribution >= 4 is 17.8 Å². The molecule has 1 amide bonds. The van der Waals surface area contributed by atoms with Crippen molar-refractivity contribution in [2.75, 3.05) is 0 Å². The number of phenols is 1. The van der Waals surface area contributed by atoms with Crippen LogP contribution in [0.3, 0.4) is 0 Å². The van der Waals surface area contributed by atoms with Crippen molar-refractivity contribution in [3.05, 3.63) is 64.0 Å². The van der Waals surface area contributed by atoms with Crippen LogP contribution in [0.25, 0.3) is 0 Å². The average molecular weight is 286 g/mol. The van der Waals surface area contributed by atoms with Gasteiger partial charge in [0.2, 0.25) is 5.75 Å². The molecule has 0 fully saturated rings. The molecule has 0 aliphatic carbocycles. The Balaban J connectivity index is 2.10. The van der Waals surface area contributed by atoms with Crippen LogP contribution in [0.4, 0.5) is 5.69 Å². The second-order valence-electron chi connectivity index (χ2n) is 3.91. The van der Waals surface area contributed by atoms with E-state index in [1.165, 1.54) is 42.7 Å². The molecule has 0 saturated carbocycles. The van der Waals surface area contributed by atoms with E-state index >= 15 is 0 Å². The van der Waals surface area contributed by atoms with E-state index in [0.717, 1.165) is 6.21 Å². The molecule has 1 aromatic heterocycles. The molecule has 0 spiro atoms. The van der Waals surface area contributed by atoms with Gasteiger partial charge in [-0.1, -0.05) is 6.07 Å². The number of hydrogen-bond donors (Lipinski definition) is 2. The summed E-state index contributed by atoms with van der Waals surface area (Å²) >= 11 is 0. The average Bonchev–Trinajstić information content (AvgIpc) is 2.49. The van der Waals surface area contributed by atoms with Gasteiger partial charge >= 0.3 is 5.69 Å². The van der Waals surface area contributed by atoms with Crippen molar-refractivity contribution in [1.82, 2.24) is 10.4 Å². The number of nitro benzene ring substituents is 1. The molecular formula is C13H10N4O4. The number of para-hydroxylation sites is 1. The number of rotatable bonds is 4. The normalized spacial score (nSPS) is 10.5. The predicted octanol–water partition coefficient (Wildman–Crippen LogP) is 1.46. The Morgan fingerprint density at radius 2 is 2.05 bits per heavy atom. The fourth-order valence-corrected chi connectivity index (χ4v) is 1.53. The Morgan fingerprint density at radius 1 is 1.33 bits per heavy atom. The van der Waals surface area contributed by atoms with Crippen LogP contribution in [-0.4, -0.2) is 27.1 Å². The maximum absolute atomic E-state index is 11.7. The lowest BCUT2D eigenvalue weighted by Crippen LogP contribution is -2.17. The molecule has 21 heavy (non-hydrogen) atoms. The maximum atomic E-state index is 11.7. The number of pyridine rings is 1. The smallest absolute Gasteiger partial charge is 0.311 e. The minimum atomic E-state index is -0.706. The number of benzene rings is 1. The van der Waals surface area contributed by atoms with Crippen molar-refractivity contribution in [2.45, 2.75) is 0 Å². The van der Waals surface area contributed by atoms with Gasteiger partial charge in [0, 0.05) is 29.6 Å². The van der Waals surface area contributed by atoms with Crippen LogP contribution in [0.15, 0.2) is 47.8 Å². The number of amides is 1. The summed E-state index contributed by atoms with van der Waals surface area (Å²) in [6.07, 6.45) is 4.05. The van der Waals surface area contributed by atoms with Crippen LogP contribution in [-0.2, 0) is 0 Å². The number of carbonyl (C=O) groups excluding carboxylic acids is 1. The summed E-state index contributed by atoms with van der Waals surface area (Å²) in [4.78, 5) is 25.4. The van der Waals surface area contributed by atoms with E-state index in [9.17, 15) is 20.0 Å². The highest BCUT2D eigenvalue weighted by atomic mass is 16.6. The van der Waals surface area contributed by atoms with E-state index in [-0.39, 0.29) is 5.56 Å². The summed E-state index contributed by atoms with van der Waals surface area (Å²) in [6, 6.07) is 7.03. The maximum Gasteiger partial charge on any atom is 0.311 e. The van der Waals surface area contributed by atoms with Crippen molar-refractivity contribution in [3.8, 4) is 5.75 Å². The minimum absolute atomic E-state index is 0.124. The molecule has 2 rings (SSSR count). The number of aromatic nitrogens is 1. The third-order valence-electron chi connectivity index (χ3n) is 2.55. The van der Waals surface area contributed by atoms with Gasteiger partial charge in [-0.3, -0.25) is 19.9 Å². The first-order chi connectivity index (χ1) is 10.1. The molecule has 0 atom stereocenters. The molecule has 0 aliphatic rings. The Morgan fingerprint density at radius 3 is 2.71 bits per heavy atom. The summed E-state index contributed by atoms with van der Waals surface area (Å²) in [5.41, 5.74) is 2.30. The van der Waals surface area contributed by atoms with Crippen LogP contribution in [0.5, 0.6) is 5.75 Å². The number of hydrazone groups is 1. The Kier molecular flexibility index (Phi) is 4.20. The lowest BCUT2D eigenvalue weighted by molar-refractivity contribution is -0.385. The zero-order valence-electron chi connectivity index (χ0n) is 10.6. The molecule has 106 valence electrons. The molecule has 1 aromatic carbocycles. The SMILES string of the molecule is O=C(N/N=C\c1cccc([N+](=O)[O-])c1O)c1ccncc1. The number of nitro groups is 1. The first-order valence-electron chi connectivity index (χ1n) is 5.79. The number of nitrogens with one attached hydrogen (secondary N) is 1. The summed E-state index contributed by atoms with van der Waals surface area (Å²) in [7, 11) is 0. The van der Waals surface area contributed by atoms with Gasteiger partial charge in [0.25, 0.3) is 5.91 Å². The molecule has 0 saturated heterocycles. The molecule has 8 heteroatoms. The fourth-order valence-electron chi connectivity index (χ4n) is 1.53. The zero-order valence-corrected chi connectivity index (χ0v) is 10.6. The van der Waals surface area contributed by atoms with Gasteiger partial charge in [-0.25, -0.2) is 5.43 Å². The number of phenolic OH excluding ortho intramolecular Hbond substituents is 1. The second kappa shape index (κ2) is 6.24. The summed E-state index contributed by atoms with van der Waals surface area (Å²) < 4.78 is 0. The van der Waals surface area contributed by atoms with Crippen LogP contribution >= 0.6 is 0 Å². The topological polar surface area (TPSA) is 118 Å². The molecule has 0 unspecified atom stereocenters. The molecule has 0 bridgehead atoms. The molecule has 8 nitrogen and oxygen atoms in total. The van der Waals surface area contributed by atoms with E-state index in [1.807, 2.05) is 0 Å². The number of aromatic hydroxyl groups is 1. The van der Waals surface area contributed by atoms with Crippen LogP contribution in [0.1, 0.15) is 15.9 Å². The highest BCUT2D eigenvalue weighted by Gasteiger charge is 2.15. The van der Waals surface area contributed by atoms with Gasteiger partial charge in [-0.15, -0.1) is 0 Å². The molecule has 2 aromatic rings. The Hall–Kier alpha value is -3.29. The Labute approximate surface area is 118 Å². The van der Waals surface area contributed by atoms with E-state index in [4.69, 9.17) is 0 Å². The van der Waals surface area contributed by atoms with Crippen LogP contribution in [0, 0.1) is 10.1 Å². The molecule has 1 heterocycles. The quantitative estimate of drug-likeness (QED) is 0.501. The lowest BCUT2D eigenvalue weighted by atomic mass is 10.2. The van der Waals surface area contributed by atoms with E-state index in [0.29, 0.717) is 5.56 Å². The van der Waals surface area contributed by atoms with E-state index in [2.05, 4.69) is 15.5 Å². The molecule has 0 aliphatic heterocycles. The summed E-state index contributed by atoms with van der Waals surface area (Å²) in [5, 5.41) is 24.0. The van der Waals surface area contributed by atoms with Crippen molar-refractivity contribution in [2.24, 2.45) is 5.10 Å². The second-order valence-corrected chi connectivity index (χ2v) is 3.91. The van der Waals surface area contributed by atoms with Crippen LogP contribution < -0.4 is 5.43 Å². The van der Waals surface area contributed by atoms with Gasteiger partial charge in [0.1, 0.15) is 0 Å². The summed E-state index contributed by atoms with van der Waals surface area (Å²) in [6.45, 7) is 0. The van der Waals surface area contributed by atoms with Gasteiger partial charge in [-0.05, 0) is 18.2 Å². The first kappa shape index (κ1) is 14.1. The monoisotopic (exact) mass is 286 g/mol. The minimum Gasteiger partial charge on any atom is -0.502 e. The third-order valence-corrected chi connectivity index (χ3v) is 2.55. The fraction of sp³-hybridized carbons (Fsp3) is 0. The third kappa shape index (κ3) is 3.38. The van der Waals surface area contributed by atoms with E-state index in [1.54, 1.807) is 0 Å². The highest BCUT2D eigenvalue weighted by Crippen LogP contribution is 2.27. The van der Waals surface area contributed by atoms with Crippen molar-refractivity contribution in [1.29, 1.82) is 0 Å². The highest BCUT2D eigenvalue weighted by molar-refractivity contribution is 5.95. The molecule has 0 radical (unpaired) electrons. The summed E-state index contributed by atoms with van der Waals surface area (Å²) in [5.74, 6) is -0.969. The van der Waals surface area contributed by atoms with Crippen molar-refractivity contribution < 1.29 is 14.8 Å². The number of carbonyl (C=O) groups is 1. The predicted molar refractivity (Wildman–Crippen MR) is 74.1 cm³/mol. The lowest BCUT2D eigenvalue weighted by Gasteiger charge is -2.00. The largest absolute Gasteiger partial charge is 0.502 e. The van der Waals surface area contributed by atoms with Gasteiger partial charge < -0.3 is 5.11 Å². The number of nitrogens with zero attached hydrogens (tertiary/aromatic N) is 3. The van der Waals surface area contributed by atoms with E-state index < -0.39 is 22.3 Å². The molecular weight excluding hydrogens is 276 g/mol. The standard InChI is InChI=1S/C13H10N4O4/c18-12-10(2-1-3-11(12)17(20)21)8-15-16-13(19)9-4-6-14-7-5-9/h1-8,18H,(H,16,19)/b15-8-. The molecule has 2 N–H and O–H groups in total. The van der Waals surface area contributed by atoms with Gasteiger partial charge in [0.15, 0.2) is 0 Å². The van der Waals surface area contributed by atoms with Gasteiger partial charge in [-0.2, -0.15) is 5.10 Å². The van der Waals surface area contributed by atoms with Crippen molar-refractivity contribution in [3.63, 3.8) is 0 Å². The Bertz CT molecular complexity index is 701. The zero-order chi connectivity index (χ0) is 15.2.